The molecule has 21 heavy (non-hydrogen) atoms. The molecule has 5 nitrogen and oxygen atoms in total. The summed E-state index contributed by atoms with van der Waals surface area (Å²) in [5.41, 5.74) is 1.40. The maximum atomic E-state index is 14.3. The van der Waals surface area contributed by atoms with Crippen LogP contribution in [-0.4, -0.2) is 29.0 Å². The molecule has 2 heterocycles. The number of hydrogen-bond donors (Lipinski definition) is 1. The van der Waals surface area contributed by atoms with Crippen molar-refractivity contribution in [2.75, 3.05) is 24.3 Å². The number of nitrogens with zero attached hydrogens (tertiary/aromatic N) is 4. The van der Waals surface area contributed by atoms with Gasteiger partial charge in [0.15, 0.2) is 11.6 Å². The molecule has 2 aromatic heterocycles. The second-order valence-corrected chi connectivity index (χ2v) is 5.31. The van der Waals surface area contributed by atoms with E-state index in [1.807, 2.05) is 45.0 Å². The van der Waals surface area contributed by atoms with E-state index in [9.17, 15) is 4.39 Å². The molecule has 2 aromatic rings. The Kier molecular flexibility index (Phi) is 4.67. The maximum absolute atomic E-state index is 14.3. The molecule has 0 fully saturated rings. The van der Waals surface area contributed by atoms with E-state index in [-0.39, 0.29) is 17.6 Å². The van der Waals surface area contributed by atoms with Crippen molar-refractivity contribution in [1.29, 1.82) is 0 Å². The highest BCUT2D eigenvalue weighted by Gasteiger charge is 2.14. The van der Waals surface area contributed by atoms with Crippen LogP contribution in [0.2, 0.25) is 0 Å². The van der Waals surface area contributed by atoms with Crippen LogP contribution < -0.4 is 10.2 Å². The van der Waals surface area contributed by atoms with Gasteiger partial charge in [0.25, 0.3) is 0 Å². The number of aromatic nitrogens is 3. The molecular weight excluding hydrogens is 269 g/mol. The zero-order chi connectivity index (χ0) is 15.4. The summed E-state index contributed by atoms with van der Waals surface area (Å²) < 4.78 is 14.3. The van der Waals surface area contributed by atoms with Crippen LogP contribution in [0.4, 0.5) is 16.0 Å². The largest absolute Gasteiger partial charge is 0.363 e. The highest BCUT2D eigenvalue weighted by molar-refractivity contribution is 5.48. The van der Waals surface area contributed by atoms with Gasteiger partial charge in [-0.2, -0.15) is 0 Å². The van der Waals surface area contributed by atoms with Gasteiger partial charge in [0.2, 0.25) is 0 Å². The molecular formula is C15H20FN5. The Morgan fingerprint density at radius 3 is 2.67 bits per heavy atom. The first-order valence-corrected chi connectivity index (χ1v) is 6.86. The Morgan fingerprint density at radius 1 is 1.24 bits per heavy atom. The fourth-order valence-corrected chi connectivity index (χ4v) is 2.06. The van der Waals surface area contributed by atoms with Crippen LogP contribution in [0, 0.1) is 5.82 Å². The van der Waals surface area contributed by atoms with E-state index < -0.39 is 0 Å². The lowest BCUT2D eigenvalue weighted by atomic mass is 10.1. The quantitative estimate of drug-likeness (QED) is 0.917. The van der Waals surface area contributed by atoms with E-state index in [0.717, 1.165) is 11.4 Å². The highest BCUT2D eigenvalue weighted by Crippen LogP contribution is 2.21. The predicted molar refractivity (Wildman–Crippen MR) is 82.0 cm³/mol. The highest BCUT2D eigenvalue weighted by atomic mass is 19.1. The van der Waals surface area contributed by atoms with Crippen molar-refractivity contribution in [1.82, 2.24) is 15.0 Å². The Balaban J connectivity index is 2.20. The van der Waals surface area contributed by atoms with E-state index in [4.69, 9.17) is 0 Å². The van der Waals surface area contributed by atoms with Crippen molar-refractivity contribution in [3.8, 4) is 0 Å². The third kappa shape index (κ3) is 3.45. The first kappa shape index (κ1) is 15.2. The second-order valence-electron chi connectivity index (χ2n) is 5.31. The molecule has 0 aliphatic rings. The lowest BCUT2D eigenvalue weighted by Crippen LogP contribution is -2.15. The van der Waals surface area contributed by atoms with Crippen molar-refractivity contribution in [2.24, 2.45) is 0 Å². The van der Waals surface area contributed by atoms with E-state index in [1.165, 1.54) is 6.33 Å². The topological polar surface area (TPSA) is 53.9 Å². The standard InChI is InChI=1S/C15H20FN5/c1-10(2)13-12(16)14(20-9-19-13)18-8-11-6-5-7-17-15(11)21(3)4/h5-7,9-10H,8H2,1-4H3,(H,18,19,20). The Bertz CT molecular complexity index is 613. The molecule has 0 saturated carbocycles. The van der Waals surface area contributed by atoms with Gasteiger partial charge in [-0.15, -0.1) is 0 Å². The average molecular weight is 289 g/mol. The summed E-state index contributed by atoms with van der Waals surface area (Å²) in [6.45, 7) is 4.26. The Hall–Kier alpha value is -2.24. The number of halogens is 1. The van der Waals surface area contributed by atoms with Gasteiger partial charge in [-0.3, -0.25) is 0 Å². The normalized spacial score (nSPS) is 10.8. The van der Waals surface area contributed by atoms with Crippen LogP contribution in [-0.2, 0) is 6.54 Å². The number of rotatable bonds is 5. The molecule has 1 N–H and O–H groups in total. The summed E-state index contributed by atoms with van der Waals surface area (Å²) in [6.07, 6.45) is 3.12. The first-order valence-electron chi connectivity index (χ1n) is 6.86. The van der Waals surface area contributed by atoms with Gasteiger partial charge in [-0.25, -0.2) is 19.3 Å². The molecule has 2 rings (SSSR count). The van der Waals surface area contributed by atoms with Gasteiger partial charge < -0.3 is 10.2 Å². The molecule has 0 aromatic carbocycles. The van der Waals surface area contributed by atoms with Crippen molar-refractivity contribution < 1.29 is 4.39 Å². The third-order valence-electron chi connectivity index (χ3n) is 3.10. The van der Waals surface area contributed by atoms with Gasteiger partial charge in [0.05, 0.1) is 5.69 Å². The average Bonchev–Trinajstić information content (AvgIpc) is 2.46. The minimum Gasteiger partial charge on any atom is -0.363 e. The Labute approximate surface area is 124 Å². The lowest BCUT2D eigenvalue weighted by Gasteiger charge is -2.16. The van der Waals surface area contributed by atoms with Gasteiger partial charge >= 0.3 is 0 Å². The summed E-state index contributed by atoms with van der Waals surface area (Å²) in [5.74, 6) is 0.706. The summed E-state index contributed by atoms with van der Waals surface area (Å²) in [6, 6.07) is 3.82. The van der Waals surface area contributed by atoms with Gasteiger partial charge in [0.1, 0.15) is 12.1 Å². The van der Waals surface area contributed by atoms with E-state index in [1.54, 1.807) is 6.20 Å². The zero-order valence-corrected chi connectivity index (χ0v) is 12.8. The van der Waals surface area contributed by atoms with Gasteiger partial charge in [0, 0.05) is 32.4 Å². The summed E-state index contributed by atoms with van der Waals surface area (Å²) in [4.78, 5) is 14.2. The number of nitrogens with one attached hydrogen (secondary N) is 1. The lowest BCUT2D eigenvalue weighted by molar-refractivity contribution is 0.579. The summed E-state index contributed by atoms with van der Waals surface area (Å²) in [7, 11) is 3.85. The summed E-state index contributed by atoms with van der Waals surface area (Å²) in [5, 5.41) is 3.03. The minimum absolute atomic E-state index is 0.0179. The van der Waals surface area contributed by atoms with E-state index in [2.05, 4.69) is 20.3 Å². The summed E-state index contributed by atoms with van der Waals surface area (Å²) >= 11 is 0. The minimum atomic E-state index is -0.386. The molecule has 0 radical (unpaired) electrons. The van der Waals surface area contributed by atoms with Gasteiger partial charge in [-0.05, 0) is 12.0 Å². The predicted octanol–water partition coefficient (Wildman–Crippen LogP) is 2.81. The molecule has 0 saturated heterocycles. The van der Waals surface area contributed by atoms with Crippen LogP contribution in [0.5, 0.6) is 0 Å². The number of anilines is 2. The fourth-order valence-electron chi connectivity index (χ4n) is 2.06. The monoisotopic (exact) mass is 289 g/mol. The van der Waals surface area contributed by atoms with Crippen LogP contribution in [0.3, 0.4) is 0 Å². The number of pyridine rings is 1. The van der Waals surface area contributed by atoms with Crippen molar-refractivity contribution in [3.05, 3.63) is 41.7 Å². The van der Waals surface area contributed by atoms with Crippen LogP contribution >= 0.6 is 0 Å². The second kappa shape index (κ2) is 6.47. The first-order chi connectivity index (χ1) is 10.0. The molecule has 0 aliphatic carbocycles. The SMILES string of the molecule is CC(C)c1ncnc(NCc2cccnc2N(C)C)c1F. The zero-order valence-electron chi connectivity index (χ0n) is 12.8. The molecule has 0 unspecified atom stereocenters. The van der Waals surface area contributed by atoms with Gasteiger partial charge in [-0.1, -0.05) is 19.9 Å². The smallest absolute Gasteiger partial charge is 0.187 e. The van der Waals surface area contributed by atoms with Crippen LogP contribution in [0.1, 0.15) is 31.0 Å². The number of hydrogen-bond acceptors (Lipinski definition) is 5. The Morgan fingerprint density at radius 2 is 2.00 bits per heavy atom. The molecule has 0 atom stereocenters. The molecule has 0 aliphatic heterocycles. The van der Waals surface area contributed by atoms with Crippen molar-refractivity contribution >= 4 is 11.6 Å². The third-order valence-corrected chi connectivity index (χ3v) is 3.10. The van der Waals surface area contributed by atoms with Crippen LogP contribution in [0.15, 0.2) is 24.7 Å². The van der Waals surface area contributed by atoms with E-state index in [0.29, 0.717) is 12.2 Å². The molecule has 0 amide bonds. The maximum Gasteiger partial charge on any atom is 0.187 e. The molecule has 6 heteroatoms. The van der Waals surface area contributed by atoms with Crippen LogP contribution in [0.25, 0.3) is 0 Å². The molecule has 0 spiro atoms. The molecule has 0 bridgehead atoms. The van der Waals surface area contributed by atoms with E-state index >= 15 is 0 Å². The van der Waals surface area contributed by atoms with Crippen molar-refractivity contribution in [2.45, 2.75) is 26.3 Å². The van der Waals surface area contributed by atoms with Crippen molar-refractivity contribution in [3.63, 3.8) is 0 Å². The fraction of sp³-hybridized carbons (Fsp3) is 0.400. The molecule has 112 valence electrons.